The summed E-state index contributed by atoms with van der Waals surface area (Å²) in [6.45, 7) is 5.93. The number of hydrogen-bond acceptors (Lipinski definition) is 6. The van der Waals surface area contributed by atoms with Gasteiger partial charge in [-0.25, -0.2) is 8.42 Å². The van der Waals surface area contributed by atoms with E-state index in [0.717, 1.165) is 32.6 Å². The Morgan fingerprint density at radius 3 is 2.50 bits per heavy atom. The van der Waals surface area contributed by atoms with E-state index in [1.165, 1.54) is 22.5 Å². The molecule has 0 spiro atoms. The molecule has 2 fully saturated rings. The molecular formula is C15H22N4O4S. The minimum absolute atomic E-state index is 0.0926. The van der Waals surface area contributed by atoms with Gasteiger partial charge in [0.1, 0.15) is 0 Å². The van der Waals surface area contributed by atoms with Crippen LogP contribution in [0.2, 0.25) is 0 Å². The van der Waals surface area contributed by atoms with Gasteiger partial charge in [-0.05, 0) is 31.5 Å². The minimum atomic E-state index is -3.61. The van der Waals surface area contributed by atoms with Crippen LogP contribution in [0.3, 0.4) is 0 Å². The summed E-state index contributed by atoms with van der Waals surface area (Å²) in [7, 11) is -3.61. The van der Waals surface area contributed by atoms with Gasteiger partial charge in [-0.3, -0.25) is 15.0 Å². The molecule has 3 rings (SSSR count). The fraction of sp³-hybridized carbons (Fsp3) is 0.600. The predicted molar refractivity (Wildman–Crippen MR) is 89.4 cm³/mol. The van der Waals surface area contributed by atoms with Crippen LogP contribution in [0.1, 0.15) is 12.0 Å². The van der Waals surface area contributed by atoms with Gasteiger partial charge in [-0.15, -0.1) is 0 Å². The lowest BCUT2D eigenvalue weighted by Gasteiger charge is -2.37. The van der Waals surface area contributed by atoms with E-state index < -0.39 is 14.9 Å². The Kier molecular flexibility index (Phi) is 4.86. The van der Waals surface area contributed by atoms with E-state index in [1.54, 1.807) is 6.92 Å². The van der Waals surface area contributed by atoms with Crippen LogP contribution in [0.15, 0.2) is 23.1 Å². The Bertz CT molecular complexity index is 723. The van der Waals surface area contributed by atoms with Crippen LogP contribution in [0, 0.1) is 17.0 Å². The quantitative estimate of drug-likeness (QED) is 0.627. The molecule has 0 saturated carbocycles. The third kappa shape index (κ3) is 3.30. The second kappa shape index (κ2) is 6.75. The van der Waals surface area contributed by atoms with Gasteiger partial charge in [-0.2, -0.15) is 4.31 Å². The van der Waals surface area contributed by atoms with Gasteiger partial charge < -0.3 is 5.32 Å². The zero-order valence-corrected chi connectivity index (χ0v) is 14.5. The van der Waals surface area contributed by atoms with Crippen molar-refractivity contribution in [2.24, 2.45) is 0 Å². The third-order valence-corrected chi connectivity index (χ3v) is 6.87. The topological polar surface area (TPSA) is 95.8 Å². The monoisotopic (exact) mass is 354 g/mol. The summed E-state index contributed by atoms with van der Waals surface area (Å²) >= 11 is 0. The number of nitro benzene ring substituents is 1. The highest BCUT2D eigenvalue weighted by atomic mass is 32.2. The summed E-state index contributed by atoms with van der Waals surface area (Å²) in [5, 5.41) is 14.1. The molecule has 9 heteroatoms. The zero-order valence-electron chi connectivity index (χ0n) is 13.6. The number of nitro groups is 1. The standard InChI is InChI=1S/C15H22N4O4S/c1-12-10-13(19(20)21)2-3-15(12)24(22,23)18-8-6-17(7-9-18)14-4-5-16-11-14/h2-3,10,14,16H,4-9,11H2,1H3. The Morgan fingerprint density at radius 2 is 1.96 bits per heavy atom. The molecule has 1 N–H and O–H groups in total. The highest BCUT2D eigenvalue weighted by Crippen LogP contribution is 2.25. The van der Waals surface area contributed by atoms with Crippen LogP contribution in [-0.4, -0.2) is 67.9 Å². The fourth-order valence-corrected chi connectivity index (χ4v) is 5.06. The third-order valence-electron chi connectivity index (χ3n) is 4.81. The lowest BCUT2D eigenvalue weighted by atomic mass is 10.2. The average molecular weight is 354 g/mol. The summed E-state index contributed by atoms with van der Waals surface area (Å²) in [6, 6.07) is 4.40. The first-order valence-electron chi connectivity index (χ1n) is 8.09. The molecule has 2 heterocycles. The SMILES string of the molecule is Cc1cc([N+](=O)[O-])ccc1S(=O)(=O)N1CCN(C2CCNC2)CC1. The number of rotatable bonds is 4. The maximum atomic E-state index is 12.8. The van der Waals surface area contributed by atoms with E-state index in [1.807, 2.05) is 0 Å². The number of non-ortho nitro benzene ring substituents is 1. The summed E-state index contributed by atoms with van der Waals surface area (Å²) in [5.41, 5.74) is 0.316. The van der Waals surface area contributed by atoms with Crippen LogP contribution >= 0.6 is 0 Å². The van der Waals surface area contributed by atoms with Gasteiger partial charge in [0, 0.05) is 50.9 Å². The van der Waals surface area contributed by atoms with Crippen LogP contribution < -0.4 is 5.32 Å². The highest BCUT2D eigenvalue weighted by Gasteiger charge is 2.32. The maximum Gasteiger partial charge on any atom is 0.269 e. The van der Waals surface area contributed by atoms with Gasteiger partial charge in [0.2, 0.25) is 10.0 Å². The molecule has 0 aliphatic carbocycles. The smallest absolute Gasteiger partial charge is 0.269 e. The van der Waals surface area contributed by atoms with Crippen molar-refractivity contribution in [2.75, 3.05) is 39.3 Å². The molecule has 2 aliphatic heterocycles. The first-order valence-corrected chi connectivity index (χ1v) is 9.53. The van der Waals surface area contributed by atoms with Crippen molar-refractivity contribution in [3.8, 4) is 0 Å². The van der Waals surface area contributed by atoms with Crippen LogP contribution in [-0.2, 0) is 10.0 Å². The van der Waals surface area contributed by atoms with Gasteiger partial charge in [0.15, 0.2) is 0 Å². The number of nitrogens with zero attached hydrogens (tertiary/aromatic N) is 3. The van der Waals surface area contributed by atoms with E-state index in [0.29, 0.717) is 24.7 Å². The lowest BCUT2D eigenvalue weighted by Crippen LogP contribution is -2.52. The molecule has 132 valence electrons. The number of hydrogen-bond donors (Lipinski definition) is 1. The van der Waals surface area contributed by atoms with Crippen molar-refractivity contribution in [1.29, 1.82) is 0 Å². The van der Waals surface area contributed by atoms with E-state index in [-0.39, 0.29) is 10.6 Å². The predicted octanol–water partition coefficient (Wildman–Crippen LogP) is 0.571. The number of nitrogens with one attached hydrogen (secondary N) is 1. The molecule has 0 radical (unpaired) electrons. The normalized spacial score (nSPS) is 23.5. The maximum absolute atomic E-state index is 12.8. The van der Waals surface area contributed by atoms with Gasteiger partial charge in [-0.1, -0.05) is 0 Å². The molecule has 1 unspecified atom stereocenters. The molecular weight excluding hydrogens is 332 g/mol. The zero-order chi connectivity index (χ0) is 17.3. The van der Waals surface area contributed by atoms with Crippen LogP contribution in [0.4, 0.5) is 5.69 Å². The van der Waals surface area contributed by atoms with Gasteiger partial charge in [0.25, 0.3) is 5.69 Å². The largest absolute Gasteiger partial charge is 0.315 e. The number of benzene rings is 1. The summed E-state index contributed by atoms with van der Waals surface area (Å²) in [6.07, 6.45) is 1.11. The lowest BCUT2D eigenvalue weighted by molar-refractivity contribution is -0.385. The number of sulfonamides is 1. The Hall–Kier alpha value is -1.55. The first-order chi connectivity index (χ1) is 11.4. The van der Waals surface area contributed by atoms with Crippen molar-refractivity contribution in [3.63, 3.8) is 0 Å². The molecule has 1 atom stereocenters. The highest BCUT2D eigenvalue weighted by molar-refractivity contribution is 7.89. The van der Waals surface area contributed by atoms with Gasteiger partial charge in [0.05, 0.1) is 9.82 Å². The molecule has 0 aromatic heterocycles. The van der Waals surface area contributed by atoms with E-state index >= 15 is 0 Å². The van der Waals surface area contributed by atoms with Crippen molar-refractivity contribution in [2.45, 2.75) is 24.3 Å². The summed E-state index contributed by atoms with van der Waals surface area (Å²) < 4.78 is 27.2. The van der Waals surface area contributed by atoms with E-state index in [9.17, 15) is 18.5 Å². The van der Waals surface area contributed by atoms with E-state index in [2.05, 4.69) is 10.2 Å². The summed E-state index contributed by atoms with van der Waals surface area (Å²) in [5.74, 6) is 0. The molecule has 24 heavy (non-hydrogen) atoms. The van der Waals surface area contributed by atoms with Crippen molar-refractivity contribution in [3.05, 3.63) is 33.9 Å². The molecule has 8 nitrogen and oxygen atoms in total. The molecule has 0 amide bonds. The number of aryl methyl sites for hydroxylation is 1. The second-order valence-electron chi connectivity index (χ2n) is 6.29. The van der Waals surface area contributed by atoms with Crippen molar-refractivity contribution >= 4 is 15.7 Å². The molecule has 2 aliphatic rings. The first kappa shape index (κ1) is 17.3. The van der Waals surface area contributed by atoms with Crippen LogP contribution in [0.25, 0.3) is 0 Å². The average Bonchev–Trinajstić information content (AvgIpc) is 3.09. The van der Waals surface area contributed by atoms with Gasteiger partial charge >= 0.3 is 0 Å². The molecule has 2 saturated heterocycles. The Morgan fingerprint density at radius 1 is 1.25 bits per heavy atom. The fourth-order valence-electron chi connectivity index (χ4n) is 3.44. The second-order valence-corrected chi connectivity index (χ2v) is 8.20. The molecule has 1 aromatic carbocycles. The molecule has 0 bridgehead atoms. The number of piperazine rings is 1. The van der Waals surface area contributed by atoms with E-state index in [4.69, 9.17) is 0 Å². The van der Waals surface area contributed by atoms with Crippen molar-refractivity contribution in [1.82, 2.24) is 14.5 Å². The Balaban J connectivity index is 1.73. The minimum Gasteiger partial charge on any atom is -0.315 e. The van der Waals surface area contributed by atoms with Crippen molar-refractivity contribution < 1.29 is 13.3 Å². The summed E-state index contributed by atoms with van der Waals surface area (Å²) in [4.78, 5) is 12.8. The Labute approximate surface area is 141 Å². The van der Waals surface area contributed by atoms with Crippen LogP contribution in [0.5, 0.6) is 0 Å². The molecule has 1 aromatic rings.